The Hall–Kier alpha value is -2.71. The zero-order chi connectivity index (χ0) is 18.6. The van der Waals surface area contributed by atoms with Gasteiger partial charge in [-0.1, -0.05) is 0 Å². The van der Waals surface area contributed by atoms with Crippen molar-refractivity contribution in [1.82, 2.24) is 24.8 Å². The van der Waals surface area contributed by atoms with Crippen LogP contribution in [0.1, 0.15) is 32.1 Å². The summed E-state index contributed by atoms with van der Waals surface area (Å²) in [4.78, 5) is 44.0. The number of hydrogen-bond donors (Lipinski definition) is 2. The Morgan fingerprint density at radius 2 is 1.96 bits per heavy atom. The third kappa shape index (κ3) is 2.72. The van der Waals surface area contributed by atoms with E-state index in [4.69, 9.17) is 0 Å². The number of nitrogens with zero attached hydrogens (tertiary/aromatic N) is 5. The number of hydrogen-bond acceptors (Lipinski definition) is 6. The van der Waals surface area contributed by atoms with Gasteiger partial charge in [0.15, 0.2) is 11.5 Å². The van der Waals surface area contributed by atoms with E-state index >= 15 is 0 Å². The summed E-state index contributed by atoms with van der Waals surface area (Å²) in [5.74, 6) is 0.0535. The molecular formula is C18H22N6O3. The summed E-state index contributed by atoms with van der Waals surface area (Å²) >= 11 is 0. The summed E-state index contributed by atoms with van der Waals surface area (Å²) in [6, 6.07) is -0.678. The molecule has 1 unspecified atom stereocenters. The Morgan fingerprint density at radius 1 is 1.19 bits per heavy atom. The number of rotatable bonds is 3. The Morgan fingerprint density at radius 3 is 2.67 bits per heavy atom. The van der Waals surface area contributed by atoms with E-state index in [9.17, 15) is 14.7 Å². The second-order valence-electron chi connectivity index (χ2n) is 8.08. The van der Waals surface area contributed by atoms with Gasteiger partial charge < -0.3 is 19.9 Å². The number of imidazole rings is 1. The van der Waals surface area contributed by atoms with E-state index in [-0.39, 0.29) is 17.2 Å². The molecule has 3 aliphatic rings. The van der Waals surface area contributed by atoms with E-state index in [2.05, 4.69) is 24.8 Å². The molecule has 9 heteroatoms. The fraction of sp³-hybridized carbons (Fsp3) is 0.611. The van der Waals surface area contributed by atoms with Crippen molar-refractivity contribution >= 4 is 28.9 Å². The molecular weight excluding hydrogens is 348 g/mol. The third-order valence-electron chi connectivity index (χ3n) is 6.33. The average Bonchev–Trinajstić information content (AvgIpc) is 3.29. The predicted molar refractivity (Wildman–Crippen MR) is 96.0 cm³/mol. The first-order valence-electron chi connectivity index (χ1n) is 9.49. The van der Waals surface area contributed by atoms with Crippen LogP contribution in [-0.4, -0.2) is 67.5 Å². The van der Waals surface area contributed by atoms with Crippen molar-refractivity contribution in [3.05, 3.63) is 12.7 Å². The number of piperidine rings is 1. The molecule has 3 fully saturated rings. The van der Waals surface area contributed by atoms with Crippen molar-refractivity contribution in [2.75, 3.05) is 24.5 Å². The van der Waals surface area contributed by atoms with Crippen molar-refractivity contribution in [2.45, 2.75) is 38.1 Å². The van der Waals surface area contributed by atoms with Gasteiger partial charge >= 0.3 is 5.97 Å². The number of carboxylic acid groups (broad SMARTS) is 1. The lowest BCUT2D eigenvalue weighted by molar-refractivity contribution is -0.148. The Balaban J connectivity index is 1.34. The third-order valence-corrected chi connectivity index (χ3v) is 6.33. The maximum atomic E-state index is 12.6. The maximum absolute atomic E-state index is 12.6. The van der Waals surface area contributed by atoms with Gasteiger partial charge in [-0.05, 0) is 37.5 Å². The van der Waals surface area contributed by atoms with E-state index < -0.39 is 12.0 Å². The number of aromatic nitrogens is 4. The molecule has 27 heavy (non-hydrogen) atoms. The van der Waals surface area contributed by atoms with E-state index in [0.717, 1.165) is 50.1 Å². The van der Waals surface area contributed by atoms with Gasteiger partial charge in [0.2, 0.25) is 5.91 Å². The van der Waals surface area contributed by atoms with E-state index in [0.29, 0.717) is 18.6 Å². The summed E-state index contributed by atoms with van der Waals surface area (Å²) in [5.41, 5.74) is 1.37. The summed E-state index contributed by atoms with van der Waals surface area (Å²) in [5, 5.41) is 9.64. The van der Waals surface area contributed by atoms with Crippen LogP contribution in [0.2, 0.25) is 0 Å². The fourth-order valence-electron chi connectivity index (χ4n) is 4.62. The van der Waals surface area contributed by atoms with Crippen molar-refractivity contribution in [3.63, 3.8) is 0 Å². The molecule has 0 aromatic carbocycles. The lowest BCUT2D eigenvalue weighted by Gasteiger charge is -2.39. The van der Waals surface area contributed by atoms with Crippen molar-refractivity contribution < 1.29 is 14.7 Å². The number of carboxylic acids is 1. The first-order valence-corrected chi connectivity index (χ1v) is 9.49. The molecule has 5 rings (SSSR count). The van der Waals surface area contributed by atoms with Crippen LogP contribution in [0.15, 0.2) is 12.7 Å². The minimum absolute atomic E-state index is 0.0386. The standard InChI is InChI=1S/C18H22N6O3/c25-16(11-1-2-11)24-8-18(7-12(24)17(26)27)3-5-23(6-4-18)15-13-14(20-9-19-13)21-10-22-15/h9-12H,1-8H2,(H,26,27)(H,19,20,21,22). The normalized spacial score (nSPS) is 24.7. The quantitative estimate of drug-likeness (QED) is 0.829. The highest BCUT2D eigenvalue weighted by atomic mass is 16.4. The van der Waals surface area contributed by atoms with Gasteiger partial charge in [0.1, 0.15) is 17.9 Å². The number of likely N-dealkylation sites (tertiary alicyclic amines) is 1. The lowest BCUT2D eigenvalue weighted by atomic mass is 9.76. The van der Waals surface area contributed by atoms with Gasteiger partial charge in [-0.15, -0.1) is 0 Å². The summed E-state index contributed by atoms with van der Waals surface area (Å²) < 4.78 is 0. The highest BCUT2D eigenvalue weighted by Crippen LogP contribution is 2.46. The minimum atomic E-state index is -0.877. The zero-order valence-corrected chi connectivity index (χ0v) is 15.0. The SMILES string of the molecule is O=C(O)C1CC2(CCN(c3ncnc4nc[nH]c34)CC2)CN1C(=O)C1CC1. The van der Waals surface area contributed by atoms with Crippen LogP contribution < -0.4 is 4.90 Å². The summed E-state index contributed by atoms with van der Waals surface area (Å²) in [6.45, 7) is 2.13. The monoisotopic (exact) mass is 370 g/mol. The van der Waals surface area contributed by atoms with E-state index in [1.807, 2.05) is 0 Å². The van der Waals surface area contributed by atoms with Crippen LogP contribution in [-0.2, 0) is 9.59 Å². The van der Waals surface area contributed by atoms with Crippen LogP contribution in [0.5, 0.6) is 0 Å². The average molecular weight is 370 g/mol. The maximum Gasteiger partial charge on any atom is 0.326 e. The molecule has 2 N–H and O–H groups in total. The molecule has 1 saturated carbocycles. The van der Waals surface area contributed by atoms with Crippen LogP contribution >= 0.6 is 0 Å². The number of aliphatic carboxylic acids is 1. The number of aromatic amines is 1. The number of fused-ring (bicyclic) bond motifs is 1. The predicted octanol–water partition coefficient (Wildman–Crippen LogP) is 1.03. The van der Waals surface area contributed by atoms with Gasteiger partial charge in [0, 0.05) is 25.6 Å². The van der Waals surface area contributed by atoms with Gasteiger partial charge in [-0.2, -0.15) is 0 Å². The van der Waals surface area contributed by atoms with Gasteiger partial charge in [-0.3, -0.25) is 4.79 Å². The van der Waals surface area contributed by atoms with E-state index in [1.54, 1.807) is 11.2 Å². The second-order valence-corrected chi connectivity index (χ2v) is 8.08. The molecule has 0 bridgehead atoms. The topological polar surface area (TPSA) is 115 Å². The molecule has 1 amide bonds. The van der Waals surface area contributed by atoms with Crippen molar-refractivity contribution in [3.8, 4) is 0 Å². The highest BCUT2D eigenvalue weighted by molar-refractivity contribution is 5.87. The molecule has 2 saturated heterocycles. The van der Waals surface area contributed by atoms with Gasteiger partial charge in [0.05, 0.1) is 6.33 Å². The largest absolute Gasteiger partial charge is 0.480 e. The molecule has 2 aliphatic heterocycles. The molecule has 2 aromatic heterocycles. The Kier molecular flexibility index (Phi) is 3.60. The van der Waals surface area contributed by atoms with Crippen LogP contribution in [0, 0.1) is 11.3 Å². The van der Waals surface area contributed by atoms with Crippen LogP contribution in [0.4, 0.5) is 5.82 Å². The van der Waals surface area contributed by atoms with Crippen molar-refractivity contribution in [2.24, 2.45) is 11.3 Å². The molecule has 1 atom stereocenters. The first-order chi connectivity index (χ1) is 13.1. The van der Waals surface area contributed by atoms with Crippen molar-refractivity contribution in [1.29, 1.82) is 0 Å². The van der Waals surface area contributed by atoms with Crippen LogP contribution in [0.3, 0.4) is 0 Å². The second kappa shape index (κ2) is 5.90. The molecule has 4 heterocycles. The fourth-order valence-corrected chi connectivity index (χ4v) is 4.62. The molecule has 1 aliphatic carbocycles. The number of H-pyrrole nitrogens is 1. The smallest absolute Gasteiger partial charge is 0.326 e. The number of amides is 1. The number of carbonyl (C=O) groups excluding carboxylic acids is 1. The molecule has 0 radical (unpaired) electrons. The number of anilines is 1. The number of nitrogens with one attached hydrogen (secondary N) is 1. The van der Waals surface area contributed by atoms with E-state index in [1.165, 1.54) is 6.33 Å². The van der Waals surface area contributed by atoms with Gasteiger partial charge in [0.25, 0.3) is 0 Å². The summed E-state index contributed by atoms with van der Waals surface area (Å²) in [6.07, 6.45) is 7.19. The lowest BCUT2D eigenvalue weighted by Crippen LogP contribution is -2.43. The first kappa shape index (κ1) is 16.5. The van der Waals surface area contributed by atoms with Crippen LogP contribution in [0.25, 0.3) is 11.2 Å². The molecule has 9 nitrogen and oxygen atoms in total. The summed E-state index contributed by atoms with van der Waals surface area (Å²) in [7, 11) is 0. The zero-order valence-electron chi connectivity index (χ0n) is 15.0. The molecule has 1 spiro atoms. The highest BCUT2D eigenvalue weighted by Gasteiger charge is 2.51. The van der Waals surface area contributed by atoms with Gasteiger partial charge in [-0.25, -0.2) is 19.7 Å². The molecule has 142 valence electrons. The molecule has 2 aromatic rings. The Bertz CT molecular complexity index is 899. The Labute approximate surface area is 155 Å². The number of carbonyl (C=O) groups is 2. The minimum Gasteiger partial charge on any atom is -0.480 e.